The number of hydrogen-bond acceptors (Lipinski definition) is 4. The lowest BCUT2D eigenvalue weighted by atomic mass is 10.00. The van der Waals surface area contributed by atoms with Gasteiger partial charge in [0.1, 0.15) is 4.99 Å². The lowest BCUT2D eigenvalue weighted by molar-refractivity contribution is 0.712. The Balaban J connectivity index is 1.95. The molecule has 0 fully saturated rings. The highest BCUT2D eigenvalue weighted by Crippen LogP contribution is 2.24. The number of nitrogens with two attached hydrogens (primary N) is 1. The Labute approximate surface area is 117 Å². The Morgan fingerprint density at radius 1 is 1.21 bits per heavy atom. The van der Waals surface area contributed by atoms with Crippen LogP contribution in [0, 0.1) is 0 Å². The number of benzene rings is 1. The minimum atomic E-state index is 0.365. The summed E-state index contributed by atoms with van der Waals surface area (Å²) in [4.78, 5) is 2.55. The van der Waals surface area contributed by atoms with Crippen molar-refractivity contribution in [2.24, 2.45) is 5.73 Å². The van der Waals surface area contributed by atoms with E-state index in [-0.39, 0.29) is 0 Å². The van der Waals surface area contributed by atoms with Gasteiger partial charge in [0.05, 0.1) is 11.8 Å². The van der Waals surface area contributed by atoms with Crippen LogP contribution in [0.4, 0.5) is 5.82 Å². The summed E-state index contributed by atoms with van der Waals surface area (Å²) in [5, 5.41) is 8.16. The van der Waals surface area contributed by atoms with Crippen LogP contribution in [0.2, 0.25) is 0 Å². The fourth-order valence-electron chi connectivity index (χ4n) is 2.43. The summed E-state index contributed by atoms with van der Waals surface area (Å²) in [6.45, 7) is 1.73. The smallest absolute Gasteiger partial charge is 0.161 e. The van der Waals surface area contributed by atoms with Crippen LogP contribution >= 0.6 is 12.2 Å². The molecule has 19 heavy (non-hydrogen) atoms. The van der Waals surface area contributed by atoms with Gasteiger partial charge in [-0.2, -0.15) is 5.10 Å². The fraction of sp³-hybridized carbons (Fsp3) is 0.214. The van der Waals surface area contributed by atoms with Crippen LogP contribution in [0.5, 0.6) is 0 Å². The third-order valence-corrected chi connectivity index (χ3v) is 3.62. The fourth-order valence-corrected chi connectivity index (χ4v) is 2.59. The van der Waals surface area contributed by atoms with Crippen molar-refractivity contribution in [3.63, 3.8) is 0 Å². The Bertz CT molecular complexity index is 626. The Morgan fingerprint density at radius 3 is 2.79 bits per heavy atom. The second-order valence-electron chi connectivity index (χ2n) is 4.57. The van der Waals surface area contributed by atoms with Crippen molar-refractivity contribution in [2.45, 2.75) is 13.0 Å². The van der Waals surface area contributed by atoms with Gasteiger partial charge in [-0.25, -0.2) is 0 Å². The molecule has 0 saturated carbocycles. The summed E-state index contributed by atoms with van der Waals surface area (Å²) in [6, 6.07) is 10.3. The maximum absolute atomic E-state index is 5.75. The van der Waals surface area contributed by atoms with Crippen LogP contribution < -0.4 is 10.6 Å². The molecule has 1 aliphatic heterocycles. The third-order valence-electron chi connectivity index (χ3n) is 3.40. The molecule has 96 valence electrons. The van der Waals surface area contributed by atoms with Crippen molar-refractivity contribution in [3.8, 4) is 0 Å². The van der Waals surface area contributed by atoms with Gasteiger partial charge in [-0.05, 0) is 23.6 Å². The van der Waals surface area contributed by atoms with Crippen molar-refractivity contribution in [2.75, 3.05) is 11.4 Å². The molecule has 4 nitrogen and oxygen atoms in total. The highest BCUT2D eigenvalue weighted by atomic mass is 32.1. The van der Waals surface area contributed by atoms with E-state index in [0.717, 1.165) is 30.9 Å². The van der Waals surface area contributed by atoms with Crippen molar-refractivity contribution >= 4 is 23.0 Å². The second-order valence-corrected chi connectivity index (χ2v) is 5.01. The van der Waals surface area contributed by atoms with E-state index in [2.05, 4.69) is 39.4 Å². The second kappa shape index (κ2) is 4.93. The van der Waals surface area contributed by atoms with E-state index in [1.54, 1.807) is 6.20 Å². The molecule has 0 atom stereocenters. The van der Waals surface area contributed by atoms with E-state index in [9.17, 15) is 0 Å². The molecule has 3 rings (SSSR count). The van der Waals surface area contributed by atoms with Crippen molar-refractivity contribution in [1.29, 1.82) is 0 Å². The van der Waals surface area contributed by atoms with Gasteiger partial charge < -0.3 is 10.6 Å². The first-order valence-electron chi connectivity index (χ1n) is 6.19. The van der Waals surface area contributed by atoms with E-state index >= 15 is 0 Å². The molecule has 0 aliphatic carbocycles. The van der Waals surface area contributed by atoms with Crippen LogP contribution in [0.3, 0.4) is 0 Å². The SMILES string of the molecule is NC(=S)c1ccnnc1N1CCc2ccccc2C1. The van der Waals surface area contributed by atoms with Gasteiger partial charge in [0.25, 0.3) is 0 Å². The predicted molar refractivity (Wildman–Crippen MR) is 79.1 cm³/mol. The molecule has 1 aromatic heterocycles. The third kappa shape index (κ3) is 2.29. The molecule has 2 aromatic rings. The summed E-state index contributed by atoms with van der Waals surface area (Å²) >= 11 is 5.08. The number of hydrogen-bond donors (Lipinski definition) is 1. The molecule has 0 amide bonds. The topological polar surface area (TPSA) is 55.0 Å². The van der Waals surface area contributed by atoms with Crippen LogP contribution in [0.1, 0.15) is 16.7 Å². The van der Waals surface area contributed by atoms with E-state index in [0.29, 0.717) is 4.99 Å². The Morgan fingerprint density at radius 2 is 2.00 bits per heavy atom. The van der Waals surface area contributed by atoms with E-state index in [4.69, 9.17) is 18.0 Å². The summed E-state index contributed by atoms with van der Waals surface area (Å²) in [7, 11) is 0. The van der Waals surface area contributed by atoms with Gasteiger partial charge in [0, 0.05) is 13.1 Å². The van der Waals surface area contributed by atoms with Crippen molar-refractivity contribution < 1.29 is 0 Å². The monoisotopic (exact) mass is 270 g/mol. The minimum absolute atomic E-state index is 0.365. The molecule has 0 unspecified atom stereocenters. The normalized spacial score (nSPS) is 14.0. The van der Waals surface area contributed by atoms with Gasteiger partial charge in [0.2, 0.25) is 0 Å². The molecule has 5 heteroatoms. The molecule has 2 heterocycles. The zero-order valence-corrected chi connectivity index (χ0v) is 11.2. The number of aromatic nitrogens is 2. The van der Waals surface area contributed by atoms with E-state index < -0.39 is 0 Å². The molecule has 0 bridgehead atoms. The molecule has 1 aliphatic rings. The highest BCUT2D eigenvalue weighted by molar-refractivity contribution is 7.80. The van der Waals surface area contributed by atoms with E-state index in [1.165, 1.54) is 11.1 Å². The maximum Gasteiger partial charge on any atom is 0.161 e. The first-order valence-corrected chi connectivity index (χ1v) is 6.60. The summed E-state index contributed by atoms with van der Waals surface area (Å²) in [5.74, 6) is 0.782. The average molecular weight is 270 g/mol. The molecular weight excluding hydrogens is 256 g/mol. The van der Waals surface area contributed by atoms with Crippen molar-refractivity contribution in [3.05, 3.63) is 53.2 Å². The highest BCUT2D eigenvalue weighted by Gasteiger charge is 2.20. The van der Waals surface area contributed by atoms with Gasteiger partial charge in [-0.1, -0.05) is 36.5 Å². The first-order chi connectivity index (χ1) is 9.25. The summed E-state index contributed by atoms with van der Waals surface area (Å²) < 4.78 is 0. The Hall–Kier alpha value is -2.01. The summed E-state index contributed by atoms with van der Waals surface area (Å²) in [5.41, 5.74) is 9.28. The first kappa shape index (κ1) is 12.0. The molecule has 0 saturated heterocycles. The van der Waals surface area contributed by atoms with E-state index in [1.807, 2.05) is 6.07 Å². The van der Waals surface area contributed by atoms with Gasteiger partial charge in [0.15, 0.2) is 5.82 Å². The molecular formula is C14H14N4S. The average Bonchev–Trinajstić information content (AvgIpc) is 2.46. The predicted octanol–water partition coefficient (Wildman–Crippen LogP) is 1.67. The number of rotatable bonds is 2. The van der Waals surface area contributed by atoms with Gasteiger partial charge >= 0.3 is 0 Å². The number of thiocarbonyl (C=S) groups is 1. The maximum atomic E-state index is 5.75. The number of nitrogens with zero attached hydrogens (tertiary/aromatic N) is 3. The number of fused-ring (bicyclic) bond motifs is 1. The quantitative estimate of drug-likeness (QED) is 0.841. The zero-order chi connectivity index (χ0) is 13.2. The largest absolute Gasteiger partial charge is 0.389 e. The van der Waals surface area contributed by atoms with Gasteiger partial charge in [-0.3, -0.25) is 0 Å². The van der Waals surface area contributed by atoms with Crippen LogP contribution in [-0.2, 0) is 13.0 Å². The van der Waals surface area contributed by atoms with Crippen molar-refractivity contribution in [1.82, 2.24) is 10.2 Å². The molecule has 1 aromatic carbocycles. The molecule has 0 spiro atoms. The zero-order valence-electron chi connectivity index (χ0n) is 10.4. The van der Waals surface area contributed by atoms with Gasteiger partial charge in [-0.15, -0.1) is 5.10 Å². The van der Waals surface area contributed by atoms with Crippen LogP contribution in [-0.4, -0.2) is 21.7 Å². The Kier molecular flexibility index (Phi) is 3.13. The lowest BCUT2D eigenvalue weighted by Gasteiger charge is -2.30. The minimum Gasteiger partial charge on any atom is -0.389 e. The van der Waals surface area contributed by atoms with Crippen LogP contribution in [0.15, 0.2) is 36.5 Å². The number of anilines is 1. The lowest BCUT2D eigenvalue weighted by Crippen LogP contribution is -2.33. The summed E-state index contributed by atoms with van der Waals surface area (Å²) in [6.07, 6.45) is 2.62. The van der Waals surface area contributed by atoms with Crippen LogP contribution in [0.25, 0.3) is 0 Å². The molecule has 0 radical (unpaired) electrons. The molecule has 2 N–H and O–H groups in total. The standard InChI is InChI=1S/C14H14N4S/c15-13(19)12-5-7-16-17-14(12)18-8-6-10-3-1-2-4-11(10)9-18/h1-5,7H,6,8-9H2,(H2,15,19).